The number of rotatable bonds is 3. The Morgan fingerprint density at radius 2 is 2.10 bits per heavy atom. The van der Waals surface area contributed by atoms with Gasteiger partial charge in [-0.3, -0.25) is 0 Å². The standard InChI is InChI=1S/C16H16ClNO2/c1-19-16-7-6-11(10-13(16)17)18-14-8-9-20-15-5-3-2-4-12(14)15/h2-7,10,14,18H,8-9H2,1H3. The van der Waals surface area contributed by atoms with E-state index >= 15 is 0 Å². The van der Waals surface area contributed by atoms with Gasteiger partial charge in [-0.25, -0.2) is 0 Å². The van der Waals surface area contributed by atoms with Gasteiger partial charge in [0.15, 0.2) is 0 Å². The first kappa shape index (κ1) is 13.1. The van der Waals surface area contributed by atoms with E-state index < -0.39 is 0 Å². The van der Waals surface area contributed by atoms with Crippen molar-refractivity contribution >= 4 is 17.3 Å². The zero-order valence-corrected chi connectivity index (χ0v) is 12.0. The van der Waals surface area contributed by atoms with Gasteiger partial charge >= 0.3 is 0 Å². The van der Waals surface area contributed by atoms with Crippen LogP contribution in [0.15, 0.2) is 42.5 Å². The van der Waals surface area contributed by atoms with E-state index in [9.17, 15) is 0 Å². The van der Waals surface area contributed by atoms with Gasteiger partial charge in [0.1, 0.15) is 11.5 Å². The van der Waals surface area contributed by atoms with Crippen LogP contribution in [0, 0.1) is 0 Å². The van der Waals surface area contributed by atoms with Crippen LogP contribution >= 0.6 is 11.6 Å². The van der Waals surface area contributed by atoms with Crippen molar-refractivity contribution in [2.45, 2.75) is 12.5 Å². The summed E-state index contributed by atoms with van der Waals surface area (Å²) in [5.41, 5.74) is 2.17. The molecule has 3 nitrogen and oxygen atoms in total. The molecule has 104 valence electrons. The van der Waals surface area contributed by atoms with E-state index in [0.717, 1.165) is 24.5 Å². The monoisotopic (exact) mass is 289 g/mol. The summed E-state index contributed by atoms with van der Waals surface area (Å²) >= 11 is 6.16. The highest BCUT2D eigenvalue weighted by Crippen LogP contribution is 2.35. The van der Waals surface area contributed by atoms with Crippen LogP contribution in [0.3, 0.4) is 0 Å². The predicted molar refractivity (Wildman–Crippen MR) is 80.9 cm³/mol. The summed E-state index contributed by atoms with van der Waals surface area (Å²) in [6.45, 7) is 0.721. The molecular formula is C16H16ClNO2. The van der Waals surface area contributed by atoms with Crippen molar-refractivity contribution in [2.75, 3.05) is 19.0 Å². The van der Waals surface area contributed by atoms with Crippen LogP contribution in [-0.4, -0.2) is 13.7 Å². The third kappa shape index (κ3) is 2.54. The van der Waals surface area contributed by atoms with Crippen molar-refractivity contribution in [2.24, 2.45) is 0 Å². The second kappa shape index (κ2) is 5.63. The number of fused-ring (bicyclic) bond motifs is 1. The molecule has 1 heterocycles. The third-order valence-electron chi connectivity index (χ3n) is 3.45. The SMILES string of the molecule is COc1ccc(NC2CCOc3ccccc32)cc1Cl. The lowest BCUT2D eigenvalue weighted by Gasteiger charge is -2.27. The fraction of sp³-hybridized carbons (Fsp3) is 0.250. The first-order valence-electron chi connectivity index (χ1n) is 6.60. The van der Waals surface area contributed by atoms with Gasteiger partial charge in [-0.1, -0.05) is 29.8 Å². The van der Waals surface area contributed by atoms with E-state index in [1.54, 1.807) is 7.11 Å². The Balaban J connectivity index is 1.84. The third-order valence-corrected chi connectivity index (χ3v) is 3.75. The Kier molecular flexibility index (Phi) is 3.70. The Bertz CT molecular complexity index is 615. The summed E-state index contributed by atoms with van der Waals surface area (Å²) in [7, 11) is 1.61. The normalized spacial score (nSPS) is 17.0. The maximum atomic E-state index is 6.16. The van der Waals surface area contributed by atoms with Crippen LogP contribution in [0.1, 0.15) is 18.0 Å². The van der Waals surface area contributed by atoms with E-state index in [4.69, 9.17) is 21.1 Å². The molecule has 1 aliphatic rings. The van der Waals surface area contributed by atoms with Gasteiger partial charge in [-0.15, -0.1) is 0 Å². The van der Waals surface area contributed by atoms with Crippen molar-refractivity contribution in [1.29, 1.82) is 0 Å². The summed E-state index contributed by atoms with van der Waals surface area (Å²) in [5.74, 6) is 1.64. The molecule has 1 unspecified atom stereocenters. The Morgan fingerprint density at radius 1 is 1.25 bits per heavy atom. The number of hydrogen-bond acceptors (Lipinski definition) is 3. The second-order valence-electron chi connectivity index (χ2n) is 4.72. The molecule has 0 aliphatic carbocycles. The Hall–Kier alpha value is -1.87. The average molecular weight is 290 g/mol. The maximum Gasteiger partial charge on any atom is 0.137 e. The lowest BCUT2D eigenvalue weighted by atomic mass is 10.0. The minimum atomic E-state index is 0.240. The van der Waals surface area contributed by atoms with Crippen molar-refractivity contribution in [1.82, 2.24) is 0 Å². The minimum absolute atomic E-state index is 0.240. The molecule has 2 aromatic rings. The molecule has 20 heavy (non-hydrogen) atoms. The summed E-state index contributed by atoms with van der Waals surface area (Å²) in [4.78, 5) is 0. The molecule has 0 amide bonds. The first-order chi connectivity index (χ1) is 9.78. The topological polar surface area (TPSA) is 30.5 Å². The number of nitrogens with one attached hydrogen (secondary N) is 1. The summed E-state index contributed by atoms with van der Waals surface area (Å²) < 4.78 is 10.8. The second-order valence-corrected chi connectivity index (χ2v) is 5.13. The van der Waals surface area contributed by atoms with E-state index in [1.807, 2.05) is 36.4 Å². The van der Waals surface area contributed by atoms with E-state index in [-0.39, 0.29) is 6.04 Å². The van der Waals surface area contributed by atoms with Gasteiger partial charge in [0, 0.05) is 17.7 Å². The molecule has 2 aromatic carbocycles. The number of para-hydroxylation sites is 1. The fourth-order valence-electron chi connectivity index (χ4n) is 2.45. The van der Waals surface area contributed by atoms with Crippen LogP contribution in [0.25, 0.3) is 0 Å². The van der Waals surface area contributed by atoms with Gasteiger partial charge in [0.25, 0.3) is 0 Å². The maximum absolute atomic E-state index is 6.16. The highest BCUT2D eigenvalue weighted by Gasteiger charge is 2.20. The number of methoxy groups -OCH3 is 1. The first-order valence-corrected chi connectivity index (χ1v) is 6.97. The molecule has 0 radical (unpaired) electrons. The van der Waals surface area contributed by atoms with E-state index in [2.05, 4.69) is 11.4 Å². The average Bonchev–Trinajstić information content (AvgIpc) is 2.48. The Labute approximate surface area is 123 Å². The molecule has 4 heteroatoms. The van der Waals surface area contributed by atoms with Gasteiger partial charge < -0.3 is 14.8 Å². The van der Waals surface area contributed by atoms with Crippen molar-refractivity contribution in [3.63, 3.8) is 0 Å². The summed E-state index contributed by atoms with van der Waals surface area (Å²) in [6, 6.07) is 14.1. The molecule has 0 aromatic heterocycles. The number of ether oxygens (including phenoxy) is 2. The van der Waals surface area contributed by atoms with Crippen LogP contribution < -0.4 is 14.8 Å². The smallest absolute Gasteiger partial charge is 0.137 e. The summed E-state index contributed by atoms with van der Waals surface area (Å²) in [6.07, 6.45) is 0.931. The highest BCUT2D eigenvalue weighted by atomic mass is 35.5. The molecular weight excluding hydrogens is 274 g/mol. The highest BCUT2D eigenvalue weighted by molar-refractivity contribution is 6.32. The largest absolute Gasteiger partial charge is 0.495 e. The van der Waals surface area contributed by atoms with E-state index in [0.29, 0.717) is 10.8 Å². The number of hydrogen-bond donors (Lipinski definition) is 1. The summed E-state index contributed by atoms with van der Waals surface area (Å²) in [5, 5.41) is 4.12. The molecule has 0 saturated carbocycles. The zero-order valence-electron chi connectivity index (χ0n) is 11.2. The molecule has 1 aliphatic heterocycles. The fourth-order valence-corrected chi connectivity index (χ4v) is 2.71. The molecule has 1 N–H and O–H groups in total. The quantitative estimate of drug-likeness (QED) is 0.914. The molecule has 0 saturated heterocycles. The van der Waals surface area contributed by atoms with E-state index in [1.165, 1.54) is 5.56 Å². The molecule has 1 atom stereocenters. The lowest BCUT2D eigenvalue weighted by molar-refractivity contribution is 0.274. The Morgan fingerprint density at radius 3 is 2.90 bits per heavy atom. The van der Waals surface area contributed by atoms with Gasteiger partial charge in [-0.2, -0.15) is 0 Å². The molecule has 3 rings (SSSR count). The predicted octanol–water partition coefficient (Wildman–Crippen LogP) is 4.28. The van der Waals surface area contributed by atoms with Crippen LogP contribution in [0.4, 0.5) is 5.69 Å². The molecule has 0 spiro atoms. The van der Waals surface area contributed by atoms with Crippen molar-refractivity contribution in [3.8, 4) is 11.5 Å². The van der Waals surface area contributed by atoms with Gasteiger partial charge in [0.2, 0.25) is 0 Å². The number of anilines is 1. The number of benzene rings is 2. The van der Waals surface area contributed by atoms with Crippen molar-refractivity contribution < 1.29 is 9.47 Å². The van der Waals surface area contributed by atoms with Crippen molar-refractivity contribution in [3.05, 3.63) is 53.1 Å². The number of halogens is 1. The lowest BCUT2D eigenvalue weighted by Crippen LogP contribution is -2.20. The van der Waals surface area contributed by atoms with Crippen LogP contribution in [0.5, 0.6) is 11.5 Å². The van der Waals surface area contributed by atoms with Crippen LogP contribution in [-0.2, 0) is 0 Å². The zero-order chi connectivity index (χ0) is 13.9. The van der Waals surface area contributed by atoms with Gasteiger partial charge in [-0.05, 0) is 24.3 Å². The molecule has 0 fully saturated rings. The molecule has 0 bridgehead atoms. The minimum Gasteiger partial charge on any atom is -0.495 e. The van der Waals surface area contributed by atoms with Gasteiger partial charge in [0.05, 0.1) is 24.8 Å². The van der Waals surface area contributed by atoms with Crippen LogP contribution in [0.2, 0.25) is 5.02 Å².